The Morgan fingerprint density at radius 3 is 2.45 bits per heavy atom. The predicted molar refractivity (Wildman–Crippen MR) is 117 cm³/mol. The van der Waals surface area contributed by atoms with E-state index in [4.69, 9.17) is 0 Å². The Bertz CT molecular complexity index is 957. The van der Waals surface area contributed by atoms with E-state index < -0.39 is 27.3 Å². The van der Waals surface area contributed by atoms with Gasteiger partial charge in [-0.15, -0.1) is 11.8 Å². The number of fused-ring (bicyclic) bond motifs is 1. The molecule has 3 unspecified atom stereocenters. The first kappa shape index (κ1) is 22.3. The van der Waals surface area contributed by atoms with Crippen LogP contribution in [0.3, 0.4) is 0 Å². The third-order valence-corrected chi connectivity index (χ3v) is 8.99. The number of thioether (sulfide) groups is 1. The maximum atomic E-state index is 13.6. The second-order valence-electron chi connectivity index (χ2n) is 7.96. The van der Waals surface area contributed by atoms with Gasteiger partial charge < -0.3 is 5.11 Å². The van der Waals surface area contributed by atoms with Crippen molar-refractivity contribution in [1.82, 2.24) is 0 Å². The number of hydrogen-bond donors (Lipinski definition) is 1. The van der Waals surface area contributed by atoms with E-state index in [0.29, 0.717) is 18.4 Å². The molecule has 0 radical (unpaired) electrons. The predicted octanol–water partition coefficient (Wildman–Crippen LogP) is 5.41. The van der Waals surface area contributed by atoms with Crippen LogP contribution in [0.25, 0.3) is 0 Å². The largest absolute Gasteiger partial charge is 0.392 e. The minimum absolute atomic E-state index is 0.0685. The normalized spacial score (nSPS) is 26.0. The molecule has 2 aromatic carbocycles. The first-order valence-electron chi connectivity index (χ1n) is 10.1. The van der Waals surface area contributed by atoms with Gasteiger partial charge in [-0.25, -0.2) is 12.8 Å². The average Bonchev–Trinajstić information content (AvgIpc) is 2.78. The molecule has 1 heterocycles. The lowest BCUT2D eigenvalue weighted by atomic mass is 9.69. The highest BCUT2D eigenvalue weighted by molar-refractivity contribution is 7.98. The molecular weight excluding hydrogens is 407 g/mol. The number of benzene rings is 2. The molecule has 0 fully saturated rings. The average molecular weight is 437 g/mol. The summed E-state index contributed by atoms with van der Waals surface area (Å²) >= 11 is 1.53. The standard InChI is InChI=1S/C23H29FO3S2/c1-4-6-13-23(5-2)15-29(26,27)20-12-11-18(28-3)14-19(20)21(22(23)25)16-7-9-17(24)10-8-16/h7-12,14,21-22,25H,4-6,13,15H2,1-3H3. The minimum atomic E-state index is -3.58. The molecule has 6 heteroatoms. The molecule has 29 heavy (non-hydrogen) atoms. The van der Waals surface area contributed by atoms with Gasteiger partial charge in [-0.2, -0.15) is 0 Å². The molecule has 0 amide bonds. The SMILES string of the molecule is CCCCC1(CC)CS(=O)(=O)c2ccc(SC)cc2C(c2ccc(F)cc2)C1O. The fourth-order valence-electron chi connectivity index (χ4n) is 4.51. The van der Waals surface area contributed by atoms with Crippen LogP contribution in [0.2, 0.25) is 0 Å². The van der Waals surface area contributed by atoms with E-state index in [1.807, 2.05) is 25.3 Å². The van der Waals surface area contributed by atoms with Crippen molar-refractivity contribution in [3.05, 3.63) is 59.4 Å². The molecule has 0 saturated carbocycles. The van der Waals surface area contributed by atoms with Gasteiger partial charge in [0.1, 0.15) is 5.82 Å². The van der Waals surface area contributed by atoms with Gasteiger partial charge in [0.15, 0.2) is 9.84 Å². The van der Waals surface area contributed by atoms with Gasteiger partial charge in [0.05, 0.1) is 16.8 Å². The molecule has 3 atom stereocenters. The van der Waals surface area contributed by atoms with E-state index in [-0.39, 0.29) is 16.5 Å². The maximum Gasteiger partial charge on any atom is 0.179 e. The van der Waals surface area contributed by atoms with Crippen molar-refractivity contribution >= 4 is 21.6 Å². The fourth-order valence-corrected chi connectivity index (χ4v) is 7.21. The Morgan fingerprint density at radius 1 is 1.17 bits per heavy atom. The Balaban J connectivity index is 2.29. The number of sulfone groups is 1. The molecule has 2 aromatic rings. The highest BCUT2D eigenvalue weighted by Gasteiger charge is 2.48. The number of aliphatic hydroxyl groups excluding tert-OH is 1. The van der Waals surface area contributed by atoms with E-state index in [1.165, 1.54) is 23.9 Å². The summed E-state index contributed by atoms with van der Waals surface area (Å²) < 4.78 is 40.4. The zero-order chi connectivity index (χ0) is 21.2. The number of unbranched alkanes of at least 4 members (excludes halogenated alkanes) is 1. The molecule has 0 aromatic heterocycles. The third-order valence-electron chi connectivity index (χ3n) is 6.27. The molecule has 3 nitrogen and oxygen atoms in total. The zero-order valence-corrected chi connectivity index (χ0v) is 18.8. The van der Waals surface area contributed by atoms with Crippen molar-refractivity contribution in [2.75, 3.05) is 12.0 Å². The summed E-state index contributed by atoms with van der Waals surface area (Å²) in [5, 5.41) is 11.7. The van der Waals surface area contributed by atoms with E-state index >= 15 is 0 Å². The van der Waals surface area contributed by atoms with Crippen LogP contribution < -0.4 is 0 Å². The van der Waals surface area contributed by atoms with Gasteiger partial charge in [-0.1, -0.05) is 38.8 Å². The topological polar surface area (TPSA) is 54.4 Å². The van der Waals surface area contributed by atoms with Gasteiger partial charge in [-0.3, -0.25) is 0 Å². The van der Waals surface area contributed by atoms with E-state index in [1.54, 1.807) is 18.2 Å². The molecule has 0 spiro atoms. The van der Waals surface area contributed by atoms with Crippen LogP contribution in [-0.4, -0.2) is 31.6 Å². The van der Waals surface area contributed by atoms with Crippen LogP contribution in [-0.2, 0) is 9.84 Å². The molecule has 1 aliphatic rings. The van der Waals surface area contributed by atoms with Crippen molar-refractivity contribution in [1.29, 1.82) is 0 Å². The number of halogens is 1. The number of rotatable bonds is 6. The molecular formula is C23H29FO3S2. The van der Waals surface area contributed by atoms with Gasteiger partial charge >= 0.3 is 0 Å². The van der Waals surface area contributed by atoms with Crippen LogP contribution >= 0.6 is 11.8 Å². The van der Waals surface area contributed by atoms with Crippen molar-refractivity contribution in [2.24, 2.45) is 5.41 Å². The lowest BCUT2D eigenvalue weighted by molar-refractivity contribution is 0.0173. The summed E-state index contributed by atoms with van der Waals surface area (Å²) in [5.74, 6) is -0.942. The highest BCUT2D eigenvalue weighted by atomic mass is 32.2. The summed E-state index contributed by atoms with van der Waals surface area (Å²) in [6.45, 7) is 4.03. The third kappa shape index (κ3) is 4.25. The molecule has 3 rings (SSSR count). The van der Waals surface area contributed by atoms with E-state index in [2.05, 4.69) is 6.92 Å². The molecule has 1 N–H and O–H groups in total. The minimum Gasteiger partial charge on any atom is -0.392 e. The van der Waals surface area contributed by atoms with Crippen molar-refractivity contribution in [2.45, 2.75) is 61.3 Å². The quantitative estimate of drug-likeness (QED) is 0.615. The van der Waals surface area contributed by atoms with Crippen molar-refractivity contribution in [3.8, 4) is 0 Å². The van der Waals surface area contributed by atoms with E-state index in [0.717, 1.165) is 23.3 Å². The second-order valence-corrected chi connectivity index (χ2v) is 10.8. The summed E-state index contributed by atoms with van der Waals surface area (Å²) in [4.78, 5) is 1.23. The Hall–Kier alpha value is -1.37. The van der Waals surface area contributed by atoms with Crippen molar-refractivity contribution < 1.29 is 17.9 Å². The summed E-state index contributed by atoms with van der Waals surface area (Å²) in [7, 11) is -3.58. The highest BCUT2D eigenvalue weighted by Crippen LogP contribution is 2.49. The van der Waals surface area contributed by atoms with Crippen LogP contribution in [0.4, 0.5) is 4.39 Å². The number of hydrogen-bond acceptors (Lipinski definition) is 4. The van der Waals surface area contributed by atoms with Gasteiger partial charge in [-0.05, 0) is 60.6 Å². The van der Waals surface area contributed by atoms with Crippen LogP contribution in [0.15, 0.2) is 52.3 Å². The van der Waals surface area contributed by atoms with E-state index in [9.17, 15) is 17.9 Å². The molecule has 158 valence electrons. The van der Waals surface area contributed by atoms with Gasteiger partial charge in [0.25, 0.3) is 0 Å². The second kappa shape index (κ2) is 8.78. The van der Waals surface area contributed by atoms with Crippen molar-refractivity contribution in [3.63, 3.8) is 0 Å². The zero-order valence-electron chi connectivity index (χ0n) is 17.2. The fraction of sp³-hybridized carbons (Fsp3) is 0.478. The maximum absolute atomic E-state index is 13.6. The Morgan fingerprint density at radius 2 is 1.86 bits per heavy atom. The first-order chi connectivity index (χ1) is 13.8. The Labute approximate surface area is 177 Å². The molecule has 0 saturated heterocycles. The molecule has 0 aliphatic carbocycles. The van der Waals surface area contributed by atoms with Crippen LogP contribution in [0.5, 0.6) is 0 Å². The smallest absolute Gasteiger partial charge is 0.179 e. The van der Waals surface area contributed by atoms with Crippen LogP contribution in [0, 0.1) is 11.2 Å². The molecule has 0 bridgehead atoms. The number of aliphatic hydroxyl groups is 1. The van der Waals surface area contributed by atoms with Crippen LogP contribution in [0.1, 0.15) is 56.6 Å². The Kier molecular flexibility index (Phi) is 6.76. The van der Waals surface area contributed by atoms with Gasteiger partial charge in [0, 0.05) is 16.2 Å². The summed E-state index contributed by atoms with van der Waals surface area (Å²) in [6, 6.07) is 11.4. The summed E-state index contributed by atoms with van der Waals surface area (Å²) in [5.41, 5.74) is 0.611. The monoisotopic (exact) mass is 436 g/mol. The molecule has 1 aliphatic heterocycles. The first-order valence-corrected chi connectivity index (χ1v) is 13.0. The lowest BCUT2D eigenvalue weighted by Crippen LogP contribution is -2.42. The summed E-state index contributed by atoms with van der Waals surface area (Å²) in [6.07, 6.45) is 4.05. The lowest BCUT2D eigenvalue weighted by Gasteiger charge is -2.39. The van der Waals surface area contributed by atoms with Gasteiger partial charge in [0.2, 0.25) is 0 Å².